The van der Waals surface area contributed by atoms with E-state index in [0.29, 0.717) is 0 Å². The van der Waals surface area contributed by atoms with Gasteiger partial charge in [-0.15, -0.1) is 0 Å². The molecular formula is C20H26N2O4. The molecule has 0 aliphatic carbocycles. The van der Waals surface area contributed by atoms with Gasteiger partial charge >= 0.3 is 0 Å². The molecule has 0 amide bonds. The van der Waals surface area contributed by atoms with E-state index in [2.05, 4.69) is 10.6 Å². The number of benzene rings is 2. The van der Waals surface area contributed by atoms with Crippen LogP contribution >= 0.6 is 0 Å². The minimum Gasteiger partial charge on any atom is -0.497 e. The Morgan fingerprint density at radius 1 is 0.577 bits per heavy atom. The Balaban J connectivity index is 1.97. The molecule has 0 unspecified atom stereocenters. The van der Waals surface area contributed by atoms with Crippen LogP contribution in [-0.4, -0.2) is 14.2 Å². The maximum absolute atomic E-state index is 5.53. The molecule has 140 valence electrons. The number of hydrogen-bond acceptors (Lipinski definition) is 6. The lowest BCUT2D eigenvalue weighted by atomic mass is 9.98. The van der Waals surface area contributed by atoms with E-state index in [1.54, 1.807) is 14.2 Å². The summed E-state index contributed by atoms with van der Waals surface area (Å²) in [5.41, 5.74) is 0.602. The van der Waals surface area contributed by atoms with Crippen LogP contribution in [-0.2, 0) is 20.9 Å². The van der Waals surface area contributed by atoms with Crippen molar-refractivity contribution in [1.29, 1.82) is 0 Å². The molecule has 6 nitrogen and oxygen atoms in total. The van der Waals surface area contributed by atoms with Crippen molar-refractivity contribution in [1.82, 2.24) is 0 Å². The van der Waals surface area contributed by atoms with E-state index in [9.17, 15) is 0 Å². The first-order valence-corrected chi connectivity index (χ1v) is 8.34. The van der Waals surface area contributed by atoms with Crippen LogP contribution in [0.3, 0.4) is 0 Å². The molecule has 0 N–H and O–H groups in total. The van der Waals surface area contributed by atoms with E-state index < -0.39 is 11.2 Å². The molecule has 2 aromatic rings. The van der Waals surface area contributed by atoms with Crippen LogP contribution < -0.4 is 9.47 Å². The third-order valence-corrected chi connectivity index (χ3v) is 4.14. The van der Waals surface area contributed by atoms with Crippen LogP contribution in [0.1, 0.15) is 38.8 Å². The fourth-order valence-electron chi connectivity index (χ4n) is 2.33. The molecule has 0 fully saturated rings. The first-order chi connectivity index (χ1) is 12.3. The number of rotatable bonds is 8. The Labute approximate surface area is 154 Å². The largest absolute Gasteiger partial charge is 0.497 e. The maximum atomic E-state index is 5.53. The zero-order valence-electron chi connectivity index (χ0n) is 16.1. The van der Waals surface area contributed by atoms with Crippen molar-refractivity contribution in [2.75, 3.05) is 14.2 Å². The van der Waals surface area contributed by atoms with Gasteiger partial charge in [0, 0.05) is 0 Å². The lowest BCUT2D eigenvalue weighted by Gasteiger charge is -2.24. The molecule has 26 heavy (non-hydrogen) atoms. The second kappa shape index (κ2) is 8.08. The van der Waals surface area contributed by atoms with Gasteiger partial charge in [0.1, 0.15) is 11.5 Å². The predicted molar refractivity (Wildman–Crippen MR) is 99.1 cm³/mol. The van der Waals surface area contributed by atoms with E-state index in [0.717, 1.165) is 22.6 Å². The number of methoxy groups -OCH3 is 2. The monoisotopic (exact) mass is 358 g/mol. The highest BCUT2D eigenvalue weighted by molar-refractivity contribution is 5.31. The minimum atomic E-state index is -0.649. The van der Waals surface area contributed by atoms with Gasteiger partial charge < -0.3 is 19.1 Å². The molecule has 0 spiro atoms. The van der Waals surface area contributed by atoms with E-state index in [1.165, 1.54) is 0 Å². The minimum absolute atomic E-state index is 0.649. The summed E-state index contributed by atoms with van der Waals surface area (Å²) in [6.45, 7) is 7.62. The van der Waals surface area contributed by atoms with Gasteiger partial charge in [-0.25, -0.2) is 0 Å². The second-order valence-electron chi connectivity index (χ2n) is 6.82. The number of hydrogen-bond donors (Lipinski definition) is 0. The molecule has 2 aromatic carbocycles. The van der Waals surface area contributed by atoms with E-state index in [-0.39, 0.29) is 0 Å². The topological polar surface area (TPSA) is 61.6 Å². The lowest BCUT2D eigenvalue weighted by Crippen LogP contribution is -2.20. The molecule has 0 aromatic heterocycles. The molecule has 2 rings (SSSR count). The highest BCUT2D eigenvalue weighted by Gasteiger charge is 2.25. The second-order valence-corrected chi connectivity index (χ2v) is 6.82. The molecule has 0 radical (unpaired) electrons. The van der Waals surface area contributed by atoms with Crippen molar-refractivity contribution in [2.24, 2.45) is 10.6 Å². The standard InChI is InChI=1S/C20H26N2O4/c1-19(2,15-7-11-17(23-5)12-8-15)25-21-22-26-20(3,4)16-9-13-18(24-6)14-10-16/h7-14H,1-6H3/b22-21+. The molecule has 0 bridgehead atoms. The Morgan fingerprint density at radius 2 is 0.885 bits per heavy atom. The highest BCUT2D eigenvalue weighted by atomic mass is 16.7. The average Bonchev–Trinajstić information content (AvgIpc) is 2.65. The zero-order valence-corrected chi connectivity index (χ0v) is 16.1. The van der Waals surface area contributed by atoms with Crippen molar-refractivity contribution < 1.29 is 19.1 Å². The molecule has 0 saturated carbocycles. The highest BCUT2D eigenvalue weighted by Crippen LogP contribution is 2.29. The molecule has 0 aliphatic heterocycles. The summed E-state index contributed by atoms with van der Waals surface area (Å²) in [7, 11) is 3.26. The number of nitrogens with zero attached hydrogens (tertiary/aromatic N) is 2. The van der Waals surface area contributed by atoms with E-state index >= 15 is 0 Å². The van der Waals surface area contributed by atoms with E-state index in [1.807, 2.05) is 76.2 Å². The van der Waals surface area contributed by atoms with Gasteiger partial charge in [0.15, 0.2) is 11.2 Å². The summed E-state index contributed by atoms with van der Waals surface area (Å²) in [4.78, 5) is 11.1. The van der Waals surface area contributed by atoms with Crippen molar-refractivity contribution in [3.63, 3.8) is 0 Å². The third kappa shape index (κ3) is 4.88. The quantitative estimate of drug-likeness (QED) is 0.481. The van der Waals surface area contributed by atoms with Gasteiger partial charge in [0.25, 0.3) is 0 Å². The molecular weight excluding hydrogens is 332 g/mol. The number of ether oxygens (including phenoxy) is 2. The molecule has 6 heteroatoms. The van der Waals surface area contributed by atoms with Crippen LogP contribution in [0.25, 0.3) is 0 Å². The van der Waals surface area contributed by atoms with Crippen LogP contribution in [0.4, 0.5) is 0 Å². The van der Waals surface area contributed by atoms with Gasteiger partial charge in [-0.3, -0.25) is 0 Å². The third-order valence-electron chi connectivity index (χ3n) is 4.14. The van der Waals surface area contributed by atoms with Crippen LogP contribution in [0, 0.1) is 0 Å². The Kier molecular flexibility index (Phi) is 6.08. The van der Waals surface area contributed by atoms with Crippen LogP contribution in [0.2, 0.25) is 0 Å². The SMILES string of the molecule is COc1ccc(C(C)(C)O/N=N/OC(C)(C)c2ccc(OC)cc2)cc1. The fourth-order valence-corrected chi connectivity index (χ4v) is 2.33. The summed E-state index contributed by atoms with van der Waals surface area (Å²) in [5, 5.41) is 7.51. The normalized spacial score (nSPS) is 12.1. The Hall–Kier alpha value is -2.76. The van der Waals surface area contributed by atoms with Crippen LogP contribution in [0.5, 0.6) is 11.5 Å². The summed E-state index contributed by atoms with van der Waals surface area (Å²) in [6, 6.07) is 15.2. The maximum Gasteiger partial charge on any atom is 0.159 e. The summed E-state index contributed by atoms with van der Waals surface area (Å²) >= 11 is 0. The average molecular weight is 358 g/mol. The Bertz CT molecular complexity index is 659. The smallest absolute Gasteiger partial charge is 0.159 e. The van der Waals surface area contributed by atoms with Crippen molar-refractivity contribution >= 4 is 0 Å². The summed E-state index contributed by atoms with van der Waals surface area (Å²) in [5.74, 6) is 1.58. The van der Waals surface area contributed by atoms with Crippen molar-refractivity contribution in [3.8, 4) is 11.5 Å². The van der Waals surface area contributed by atoms with Gasteiger partial charge in [-0.05, 0) is 63.1 Å². The van der Waals surface area contributed by atoms with Gasteiger partial charge in [-0.2, -0.15) is 0 Å². The van der Waals surface area contributed by atoms with E-state index in [4.69, 9.17) is 19.1 Å². The molecule has 0 heterocycles. The molecule has 0 saturated heterocycles. The molecule has 0 aliphatic rings. The van der Waals surface area contributed by atoms with Gasteiger partial charge in [0.05, 0.1) is 24.8 Å². The summed E-state index contributed by atoms with van der Waals surface area (Å²) in [6.07, 6.45) is 0. The first-order valence-electron chi connectivity index (χ1n) is 8.34. The summed E-state index contributed by atoms with van der Waals surface area (Å²) < 4.78 is 10.3. The zero-order chi connectivity index (χ0) is 19.2. The fraction of sp³-hybridized carbons (Fsp3) is 0.400. The van der Waals surface area contributed by atoms with Crippen molar-refractivity contribution in [2.45, 2.75) is 38.9 Å². The molecule has 0 atom stereocenters. The lowest BCUT2D eigenvalue weighted by molar-refractivity contribution is -0.0944. The Morgan fingerprint density at radius 3 is 1.15 bits per heavy atom. The van der Waals surface area contributed by atoms with Gasteiger partial charge in [0.2, 0.25) is 0 Å². The van der Waals surface area contributed by atoms with Crippen molar-refractivity contribution in [3.05, 3.63) is 59.7 Å². The van der Waals surface area contributed by atoms with Gasteiger partial charge in [-0.1, -0.05) is 24.3 Å². The van der Waals surface area contributed by atoms with Crippen LogP contribution in [0.15, 0.2) is 59.1 Å². The first kappa shape index (κ1) is 19.6. The predicted octanol–water partition coefficient (Wildman–Crippen LogP) is 5.19.